The van der Waals surface area contributed by atoms with E-state index in [0.29, 0.717) is 30.6 Å². The fourth-order valence-corrected chi connectivity index (χ4v) is 2.08. The van der Waals surface area contributed by atoms with Crippen molar-refractivity contribution in [3.8, 4) is 0 Å². The Balaban J connectivity index is 2.32. The molecule has 1 heterocycles. The van der Waals surface area contributed by atoms with Gasteiger partial charge in [-0.2, -0.15) is 0 Å². The second kappa shape index (κ2) is 5.36. The summed E-state index contributed by atoms with van der Waals surface area (Å²) in [6.07, 6.45) is -0.0331. The number of ether oxygens (including phenoxy) is 1. The summed E-state index contributed by atoms with van der Waals surface area (Å²) >= 11 is 0. The molecule has 0 fully saturated rings. The van der Waals surface area contributed by atoms with E-state index in [1.54, 1.807) is 0 Å². The van der Waals surface area contributed by atoms with E-state index < -0.39 is 17.7 Å². The Morgan fingerprint density at radius 1 is 1.47 bits per heavy atom. The monoisotopic (exact) mass is 266 g/mol. The summed E-state index contributed by atoms with van der Waals surface area (Å²) < 4.78 is 9.45. The van der Waals surface area contributed by atoms with Gasteiger partial charge in [0.05, 0.1) is 12.7 Å². The van der Waals surface area contributed by atoms with Gasteiger partial charge in [0, 0.05) is 24.8 Å². The van der Waals surface area contributed by atoms with E-state index in [-0.39, 0.29) is 17.8 Å². The number of methoxy groups -OCH3 is 1. The van der Waals surface area contributed by atoms with Crippen LogP contribution in [0.1, 0.15) is 34.5 Å². The number of carbonyl (C=O) groups excluding carboxylic acids is 2. The van der Waals surface area contributed by atoms with Crippen LogP contribution in [0.5, 0.6) is 0 Å². The number of hydrogen-bond donors (Lipinski definition) is 1. The minimum absolute atomic E-state index is 0.0844. The molecule has 2 rings (SSSR count). The first-order valence-electron chi connectivity index (χ1n) is 5.98. The minimum Gasteiger partial charge on any atom is -0.467 e. The van der Waals surface area contributed by atoms with Crippen molar-refractivity contribution >= 4 is 11.8 Å². The van der Waals surface area contributed by atoms with Gasteiger partial charge in [-0.05, 0) is 12.5 Å². The van der Waals surface area contributed by atoms with E-state index in [1.807, 2.05) is 0 Å². The van der Waals surface area contributed by atoms with Crippen molar-refractivity contribution in [3.63, 3.8) is 0 Å². The molecule has 1 aromatic heterocycles. The zero-order chi connectivity index (χ0) is 14.0. The highest BCUT2D eigenvalue weighted by Crippen LogP contribution is 2.20. The van der Waals surface area contributed by atoms with Crippen molar-refractivity contribution in [1.29, 1.82) is 0 Å². The predicted octanol–water partition coefficient (Wildman–Crippen LogP) is 0.235. The van der Waals surface area contributed by atoms with Crippen molar-refractivity contribution in [2.24, 2.45) is 0 Å². The molecule has 6 heteroatoms. The Labute approximate surface area is 109 Å². The highest BCUT2D eigenvalue weighted by molar-refractivity contribution is 5.97. The number of hydrogen-bond acceptors (Lipinski definition) is 6. The maximum Gasteiger partial charge on any atom is 0.339 e. The Morgan fingerprint density at radius 3 is 2.89 bits per heavy atom. The summed E-state index contributed by atoms with van der Waals surface area (Å²) in [5.74, 6) is -0.528. The molecule has 0 spiro atoms. The van der Waals surface area contributed by atoms with Crippen LogP contribution in [0, 0.1) is 0 Å². The van der Waals surface area contributed by atoms with Gasteiger partial charge >= 0.3 is 11.6 Å². The number of fused-ring (bicyclic) bond motifs is 1. The molecule has 0 aliphatic heterocycles. The largest absolute Gasteiger partial charge is 0.467 e. The number of ketones is 1. The predicted molar refractivity (Wildman–Crippen MR) is 64.0 cm³/mol. The molecule has 0 aromatic carbocycles. The lowest BCUT2D eigenvalue weighted by atomic mass is 9.94. The van der Waals surface area contributed by atoms with Gasteiger partial charge in [0.1, 0.15) is 5.76 Å². The van der Waals surface area contributed by atoms with Gasteiger partial charge in [0.25, 0.3) is 0 Å². The number of esters is 1. The number of aryl methyl sites for hydroxylation is 1. The van der Waals surface area contributed by atoms with Crippen LogP contribution in [0.2, 0.25) is 0 Å². The van der Waals surface area contributed by atoms with Crippen LogP contribution in [0.15, 0.2) is 15.3 Å². The molecule has 19 heavy (non-hydrogen) atoms. The molecule has 1 unspecified atom stereocenters. The van der Waals surface area contributed by atoms with Gasteiger partial charge in [-0.1, -0.05) is 0 Å². The number of carbonyl (C=O) groups is 2. The maximum atomic E-state index is 11.7. The molecule has 1 atom stereocenters. The average molecular weight is 266 g/mol. The lowest BCUT2D eigenvalue weighted by Gasteiger charge is -2.14. The number of aliphatic hydroxyl groups excluding tert-OH is 1. The summed E-state index contributed by atoms with van der Waals surface area (Å²) in [4.78, 5) is 34.5. The third kappa shape index (κ3) is 2.73. The summed E-state index contributed by atoms with van der Waals surface area (Å²) in [6.45, 7) is 0. The molecule has 0 saturated carbocycles. The topological polar surface area (TPSA) is 93.8 Å². The number of aliphatic hydroxyl groups is 1. The highest BCUT2D eigenvalue weighted by Gasteiger charge is 2.24. The molecule has 1 N–H and O–H groups in total. The zero-order valence-electron chi connectivity index (χ0n) is 10.5. The Bertz CT molecular complexity index is 571. The van der Waals surface area contributed by atoms with Crippen LogP contribution in [0.3, 0.4) is 0 Å². The van der Waals surface area contributed by atoms with Crippen LogP contribution in [0.25, 0.3) is 0 Å². The highest BCUT2D eigenvalue weighted by atomic mass is 16.5. The van der Waals surface area contributed by atoms with Crippen LogP contribution in [-0.2, 0) is 22.4 Å². The molecular weight excluding hydrogens is 252 g/mol. The van der Waals surface area contributed by atoms with Gasteiger partial charge < -0.3 is 14.3 Å². The second-order valence-corrected chi connectivity index (χ2v) is 4.42. The first kappa shape index (κ1) is 13.5. The fourth-order valence-electron chi connectivity index (χ4n) is 2.08. The van der Waals surface area contributed by atoms with Crippen LogP contribution in [0.4, 0.5) is 0 Å². The first-order valence-corrected chi connectivity index (χ1v) is 5.98. The minimum atomic E-state index is -1.44. The third-order valence-electron chi connectivity index (χ3n) is 3.09. The summed E-state index contributed by atoms with van der Waals surface area (Å²) in [7, 11) is 1.14. The van der Waals surface area contributed by atoms with Crippen molar-refractivity contribution in [2.75, 3.05) is 7.11 Å². The van der Waals surface area contributed by atoms with Gasteiger partial charge in [0.2, 0.25) is 0 Å². The van der Waals surface area contributed by atoms with Crippen LogP contribution >= 0.6 is 0 Å². The standard InChI is InChI=1S/C13H14O6/c1-18-13(17)10(15)6-7-5-8-9(14)3-2-4-11(8)19-12(7)16/h5,10,15H,2-4,6H2,1H3. The molecule has 6 nitrogen and oxygen atoms in total. The van der Waals surface area contributed by atoms with Gasteiger partial charge in [-0.3, -0.25) is 4.79 Å². The van der Waals surface area contributed by atoms with E-state index >= 15 is 0 Å². The van der Waals surface area contributed by atoms with E-state index in [1.165, 1.54) is 6.07 Å². The zero-order valence-corrected chi connectivity index (χ0v) is 10.5. The van der Waals surface area contributed by atoms with Crippen LogP contribution < -0.4 is 5.63 Å². The van der Waals surface area contributed by atoms with Gasteiger partial charge in [-0.25, -0.2) is 9.59 Å². The van der Waals surface area contributed by atoms with E-state index in [2.05, 4.69) is 4.74 Å². The van der Waals surface area contributed by atoms with Crippen molar-refractivity contribution in [3.05, 3.63) is 33.4 Å². The third-order valence-corrected chi connectivity index (χ3v) is 3.09. The Hall–Kier alpha value is -1.95. The van der Waals surface area contributed by atoms with E-state index in [0.717, 1.165) is 7.11 Å². The van der Waals surface area contributed by atoms with E-state index in [9.17, 15) is 19.5 Å². The quantitative estimate of drug-likeness (QED) is 0.787. The van der Waals surface area contributed by atoms with Gasteiger partial charge in [-0.15, -0.1) is 0 Å². The number of rotatable bonds is 3. The van der Waals surface area contributed by atoms with Crippen molar-refractivity contribution in [2.45, 2.75) is 31.8 Å². The molecule has 0 bridgehead atoms. The van der Waals surface area contributed by atoms with Gasteiger partial charge in [0.15, 0.2) is 11.9 Å². The molecule has 0 radical (unpaired) electrons. The smallest absolute Gasteiger partial charge is 0.339 e. The molecule has 1 aliphatic rings. The summed E-state index contributed by atoms with van der Waals surface area (Å²) in [5.41, 5.74) is -0.152. The van der Waals surface area contributed by atoms with Crippen molar-refractivity contribution < 1.29 is 23.8 Å². The normalized spacial score (nSPS) is 15.8. The van der Waals surface area contributed by atoms with Crippen molar-refractivity contribution in [1.82, 2.24) is 0 Å². The summed E-state index contributed by atoms with van der Waals surface area (Å²) in [5, 5.41) is 9.53. The second-order valence-electron chi connectivity index (χ2n) is 4.42. The maximum absolute atomic E-state index is 11.7. The molecule has 0 saturated heterocycles. The number of Topliss-reactive ketones (excluding diaryl/α,β-unsaturated/α-hetero) is 1. The average Bonchev–Trinajstić information content (AvgIpc) is 2.39. The first-order chi connectivity index (χ1) is 9.02. The molecule has 1 aliphatic carbocycles. The van der Waals surface area contributed by atoms with Crippen LogP contribution in [-0.4, -0.2) is 30.1 Å². The SMILES string of the molecule is COC(=O)C(O)Cc1cc2c(oc1=O)CCCC2=O. The Morgan fingerprint density at radius 2 is 2.21 bits per heavy atom. The summed E-state index contributed by atoms with van der Waals surface area (Å²) in [6, 6.07) is 1.41. The lowest BCUT2D eigenvalue weighted by molar-refractivity contribution is -0.150. The lowest BCUT2D eigenvalue weighted by Crippen LogP contribution is -2.27. The molecular formula is C13H14O6. The fraction of sp³-hybridized carbons (Fsp3) is 0.462. The molecule has 0 amide bonds. The molecule has 1 aromatic rings. The Kier molecular flexibility index (Phi) is 3.80. The van der Waals surface area contributed by atoms with E-state index in [4.69, 9.17) is 4.42 Å². The molecule has 102 valence electrons.